The molecule has 1 atom stereocenters. The van der Waals surface area contributed by atoms with Crippen molar-refractivity contribution >= 4 is 11.3 Å². The molecule has 2 aromatic rings. The second-order valence-corrected chi connectivity index (χ2v) is 7.99. The standard InChI is InChI=1S/C19H25N3OS/c1-2-8-20-17(5-1)13-21-9-4-7-19(15-21)16-22(10-11-23-19)14-18-6-3-12-24-18/h1-3,5-6,8,12H,4,7,9-11,13-16H2. The third-order valence-electron chi connectivity index (χ3n) is 5.02. The van der Waals surface area contributed by atoms with Crippen LogP contribution in [0.15, 0.2) is 41.9 Å². The third-order valence-corrected chi connectivity index (χ3v) is 5.88. The van der Waals surface area contributed by atoms with E-state index in [4.69, 9.17) is 4.74 Å². The van der Waals surface area contributed by atoms with Crippen LogP contribution in [0.2, 0.25) is 0 Å². The van der Waals surface area contributed by atoms with Gasteiger partial charge in [0, 0.05) is 43.8 Å². The number of ether oxygens (including phenoxy) is 1. The Morgan fingerprint density at radius 2 is 2.00 bits per heavy atom. The molecule has 0 amide bonds. The van der Waals surface area contributed by atoms with Crippen molar-refractivity contribution in [1.29, 1.82) is 0 Å². The molecule has 0 N–H and O–H groups in total. The number of pyridine rings is 1. The van der Waals surface area contributed by atoms with E-state index in [9.17, 15) is 0 Å². The van der Waals surface area contributed by atoms with Crippen LogP contribution in [0, 0.1) is 0 Å². The second kappa shape index (κ2) is 7.31. The van der Waals surface area contributed by atoms with Crippen LogP contribution in [0.25, 0.3) is 0 Å². The molecule has 1 unspecified atom stereocenters. The first kappa shape index (κ1) is 16.2. The van der Waals surface area contributed by atoms with Gasteiger partial charge in [0.1, 0.15) is 0 Å². The Morgan fingerprint density at radius 1 is 1.08 bits per heavy atom. The highest BCUT2D eigenvalue weighted by atomic mass is 32.1. The summed E-state index contributed by atoms with van der Waals surface area (Å²) in [5, 5.41) is 2.17. The van der Waals surface area contributed by atoms with Gasteiger partial charge < -0.3 is 4.74 Å². The number of thiophene rings is 1. The third kappa shape index (κ3) is 3.86. The van der Waals surface area contributed by atoms with E-state index in [-0.39, 0.29) is 5.60 Å². The van der Waals surface area contributed by atoms with Crippen LogP contribution in [0.5, 0.6) is 0 Å². The van der Waals surface area contributed by atoms with Crippen molar-refractivity contribution < 1.29 is 4.74 Å². The topological polar surface area (TPSA) is 28.6 Å². The molecule has 1 spiro atoms. The molecule has 2 saturated heterocycles. The highest BCUT2D eigenvalue weighted by molar-refractivity contribution is 7.09. The number of hydrogen-bond acceptors (Lipinski definition) is 5. The minimum Gasteiger partial charge on any atom is -0.371 e. The van der Waals surface area contributed by atoms with E-state index in [1.165, 1.54) is 17.7 Å². The number of rotatable bonds is 4. The van der Waals surface area contributed by atoms with E-state index >= 15 is 0 Å². The summed E-state index contributed by atoms with van der Waals surface area (Å²) in [4.78, 5) is 11.0. The molecule has 0 bridgehead atoms. The molecule has 2 fully saturated rings. The minimum absolute atomic E-state index is 0.00252. The van der Waals surface area contributed by atoms with Gasteiger partial charge in [-0.2, -0.15) is 0 Å². The smallest absolute Gasteiger partial charge is 0.0936 e. The summed E-state index contributed by atoms with van der Waals surface area (Å²) in [7, 11) is 0. The number of nitrogens with zero attached hydrogens (tertiary/aromatic N) is 3. The van der Waals surface area contributed by atoms with Gasteiger partial charge in [-0.3, -0.25) is 14.8 Å². The summed E-state index contributed by atoms with van der Waals surface area (Å²) in [6.07, 6.45) is 4.27. The molecule has 24 heavy (non-hydrogen) atoms. The highest BCUT2D eigenvalue weighted by Gasteiger charge is 2.40. The molecular formula is C19H25N3OS. The fraction of sp³-hybridized carbons (Fsp3) is 0.526. The lowest BCUT2D eigenvalue weighted by Gasteiger charge is -2.48. The Balaban J connectivity index is 1.40. The summed E-state index contributed by atoms with van der Waals surface area (Å²) >= 11 is 1.85. The quantitative estimate of drug-likeness (QED) is 0.853. The van der Waals surface area contributed by atoms with Gasteiger partial charge in [0.05, 0.1) is 17.9 Å². The molecule has 0 saturated carbocycles. The first-order chi connectivity index (χ1) is 11.8. The predicted molar refractivity (Wildman–Crippen MR) is 97.0 cm³/mol. The van der Waals surface area contributed by atoms with Crippen LogP contribution in [0.4, 0.5) is 0 Å². The van der Waals surface area contributed by atoms with Crippen LogP contribution in [-0.2, 0) is 17.8 Å². The number of piperidine rings is 1. The Kier molecular flexibility index (Phi) is 4.94. The summed E-state index contributed by atoms with van der Waals surface area (Å²) in [6, 6.07) is 10.5. The molecule has 0 radical (unpaired) electrons. The van der Waals surface area contributed by atoms with Gasteiger partial charge in [0.25, 0.3) is 0 Å². The second-order valence-electron chi connectivity index (χ2n) is 6.96. The molecule has 4 rings (SSSR count). The zero-order valence-electron chi connectivity index (χ0n) is 14.1. The van der Waals surface area contributed by atoms with Crippen LogP contribution in [-0.4, -0.2) is 53.2 Å². The van der Waals surface area contributed by atoms with Crippen LogP contribution >= 0.6 is 11.3 Å². The van der Waals surface area contributed by atoms with Crippen molar-refractivity contribution in [3.63, 3.8) is 0 Å². The summed E-state index contributed by atoms with van der Waals surface area (Å²) < 4.78 is 6.32. The maximum Gasteiger partial charge on any atom is 0.0936 e. The Labute approximate surface area is 148 Å². The maximum atomic E-state index is 6.32. The Bertz CT molecular complexity index is 629. The van der Waals surface area contributed by atoms with Crippen molar-refractivity contribution in [3.05, 3.63) is 52.5 Å². The number of hydrogen-bond donors (Lipinski definition) is 0. The first-order valence-corrected chi connectivity index (χ1v) is 9.70. The van der Waals surface area contributed by atoms with Gasteiger partial charge in [-0.1, -0.05) is 12.1 Å². The van der Waals surface area contributed by atoms with E-state index in [2.05, 4.69) is 44.4 Å². The molecule has 0 aromatic carbocycles. The normalized spacial score (nSPS) is 26.0. The first-order valence-electron chi connectivity index (χ1n) is 8.82. The molecule has 128 valence electrons. The van der Waals surface area contributed by atoms with Crippen molar-refractivity contribution in [2.75, 3.05) is 32.8 Å². The molecule has 0 aliphatic carbocycles. The molecule has 2 aliphatic heterocycles. The van der Waals surface area contributed by atoms with E-state index in [1.807, 2.05) is 23.6 Å². The van der Waals surface area contributed by atoms with Crippen LogP contribution < -0.4 is 0 Å². The zero-order chi connectivity index (χ0) is 16.2. The van der Waals surface area contributed by atoms with Crippen molar-refractivity contribution in [1.82, 2.24) is 14.8 Å². The number of morpholine rings is 1. The van der Waals surface area contributed by atoms with E-state index in [0.717, 1.165) is 51.6 Å². The lowest BCUT2D eigenvalue weighted by atomic mass is 9.90. The van der Waals surface area contributed by atoms with Gasteiger partial charge >= 0.3 is 0 Å². The molecular weight excluding hydrogens is 318 g/mol. The summed E-state index contributed by atoms with van der Waals surface area (Å²) in [6.45, 7) is 7.09. The van der Waals surface area contributed by atoms with Crippen LogP contribution in [0.1, 0.15) is 23.4 Å². The van der Waals surface area contributed by atoms with Gasteiger partial charge in [-0.15, -0.1) is 11.3 Å². The summed E-state index contributed by atoms with van der Waals surface area (Å²) in [5.41, 5.74) is 1.16. The SMILES string of the molecule is c1ccc(CN2CCCC3(C2)CN(Cc2cccs2)CCO3)nc1. The average molecular weight is 343 g/mol. The molecule has 2 aromatic heterocycles. The molecule has 5 heteroatoms. The average Bonchev–Trinajstić information content (AvgIpc) is 3.09. The number of likely N-dealkylation sites (tertiary alicyclic amines) is 1. The van der Waals surface area contributed by atoms with Gasteiger partial charge in [-0.25, -0.2) is 0 Å². The largest absolute Gasteiger partial charge is 0.371 e. The minimum atomic E-state index is 0.00252. The lowest BCUT2D eigenvalue weighted by Crippen LogP contribution is -2.59. The fourth-order valence-electron chi connectivity index (χ4n) is 3.97. The van der Waals surface area contributed by atoms with E-state index < -0.39 is 0 Å². The predicted octanol–water partition coefficient (Wildman–Crippen LogP) is 3.01. The van der Waals surface area contributed by atoms with E-state index in [0.29, 0.717) is 0 Å². The highest BCUT2D eigenvalue weighted by Crippen LogP contribution is 2.30. The van der Waals surface area contributed by atoms with Crippen molar-refractivity contribution in [2.45, 2.75) is 31.5 Å². The monoisotopic (exact) mass is 343 g/mol. The molecule has 4 heterocycles. The Morgan fingerprint density at radius 3 is 2.79 bits per heavy atom. The zero-order valence-corrected chi connectivity index (χ0v) is 14.9. The fourth-order valence-corrected chi connectivity index (χ4v) is 4.72. The lowest BCUT2D eigenvalue weighted by molar-refractivity contribution is -0.142. The van der Waals surface area contributed by atoms with Gasteiger partial charge in [0.15, 0.2) is 0 Å². The van der Waals surface area contributed by atoms with Crippen molar-refractivity contribution in [3.8, 4) is 0 Å². The molecule has 4 nitrogen and oxygen atoms in total. The van der Waals surface area contributed by atoms with Crippen LogP contribution in [0.3, 0.4) is 0 Å². The van der Waals surface area contributed by atoms with Gasteiger partial charge in [0.2, 0.25) is 0 Å². The Hall–Kier alpha value is -1.27. The summed E-state index contributed by atoms with van der Waals surface area (Å²) in [5.74, 6) is 0. The number of aromatic nitrogens is 1. The van der Waals surface area contributed by atoms with Gasteiger partial charge in [-0.05, 0) is 43.0 Å². The van der Waals surface area contributed by atoms with E-state index in [1.54, 1.807) is 0 Å². The molecule has 2 aliphatic rings. The van der Waals surface area contributed by atoms with Crippen molar-refractivity contribution in [2.24, 2.45) is 0 Å². The maximum absolute atomic E-state index is 6.32.